The van der Waals surface area contributed by atoms with Crippen molar-refractivity contribution in [2.24, 2.45) is 0 Å². The van der Waals surface area contributed by atoms with Crippen LogP contribution in [0.15, 0.2) is 29.3 Å². The lowest BCUT2D eigenvalue weighted by Crippen LogP contribution is -2.22. The van der Waals surface area contributed by atoms with E-state index in [0.29, 0.717) is 10.6 Å². The zero-order valence-electron chi connectivity index (χ0n) is 14.6. The van der Waals surface area contributed by atoms with Gasteiger partial charge in [0, 0.05) is 11.4 Å². The second-order valence-electron chi connectivity index (χ2n) is 5.86. The van der Waals surface area contributed by atoms with Gasteiger partial charge in [0.15, 0.2) is 0 Å². The number of aryl methyl sites for hydroxylation is 2. The third-order valence-electron chi connectivity index (χ3n) is 4.02. The molecule has 1 amide bonds. The maximum absolute atomic E-state index is 12.4. The Bertz CT molecular complexity index is 824. The Kier molecular flexibility index (Phi) is 5.63. The van der Waals surface area contributed by atoms with Gasteiger partial charge in [-0.3, -0.25) is 4.79 Å². The van der Waals surface area contributed by atoms with Crippen LogP contribution < -0.4 is 5.32 Å². The van der Waals surface area contributed by atoms with Gasteiger partial charge in [0.2, 0.25) is 5.91 Å². The van der Waals surface area contributed by atoms with Crippen LogP contribution in [0, 0.1) is 39.0 Å². The maximum Gasteiger partial charge on any atom is 0.237 e. The molecule has 5 heteroatoms. The molecule has 2 aromatic rings. The van der Waals surface area contributed by atoms with Crippen LogP contribution in [0.3, 0.4) is 0 Å². The first-order valence-corrected chi connectivity index (χ1v) is 8.63. The van der Waals surface area contributed by atoms with Crippen molar-refractivity contribution in [3.05, 3.63) is 52.2 Å². The van der Waals surface area contributed by atoms with Crippen molar-refractivity contribution in [3.8, 4) is 6.07 Å². The molecule has 1 aromatic heterocycles. The van der Waals surface area contributed by atoms with Crippen LogP contribution >= 0.6 is 11.8 Å². The van der Waals surface area contributed by atoms with Gasteiger partial charge in [0.25, 0.3) is 0 Å². The molecule has 0 fully saturated rings. The first kappa shape index (κ1) is 18.0. The summed E-state index contributed by atoms with van der Waals surface area (Å²) in [5.41, 5.74) is 5.26. The fourth-order valence-electron chi connectivity index (χ4n) is 2.32. The molecule has 1 heterocycles. The normalized spacial score (nSPS) is 11.7. The predicted octanol–water partition coefficient (Wildman–Crippen LogP) is 4.31. The molecular weight excluding hydrogens is 318 g/mol. The van der Waals surface area contributed by atoms with Crippen molar-refractivity contribution >= 4 is 23.4 Å². The minimum atomic E-state index is -0.355. The highest BCUT2D eigenvalue weighted by Gasteiger charge is 2.20. The molecular formula is C19H21N3OS. The third-order valence-corrected chi connectivity index (χ3v) is 5.10. The van der Waals surface area contributed by atoms with Crippen molar-refractivity contribution in [3.63, 3.8) is 0 Å². The summed E-state index contributed by atoms with van der Waals surface area (Å²) < 4.78 is 0. The van der Waals surface area contributed by atoms with Gasteiger partial charge in [0.1, 0.15) is 11.1 Å². The second kappa shape index (κ2) is 7.50. The summed E-state index contributed by atoms with van der Waals surface area (Å²) in [6, 6.07) is 9.89. The Hall–Kier alpha value is -2.32. The molecule has 2 rings (SSSR count). The summed E-state index contributed by atoms with van der Waals surface area (Å²) in [6.07, 6.45) is 0. The molecule has 0 bridgehead atoms. The number of nitrogens with zero attached hydrogens (tertiary/aromatic N) is 2. The molecule has 124 valence electrons. The van der Waals surface area contributed by atoms with E-state index in [4.69, 9.17) is 0 Å². The monoisotopic (exact) mass is 339 g/mol. The number of thioether (sulfide) groups is 1. The molecule has 0 aliphatic rings. The number of hydrogen-bond donors (Lipinski definition) is 1. The Morgan fingerprint density at radius 2 is 1.96 bits per heavy atom. The van der Waals surface area contributed by atoms with Crippen LogP contribution in [0.25, 0.3) is 0 Å². The lowest BCUT2D eigenvalue weighted by molar-refractivity contribution is -0.115. The van der Waals surface area contributed by atoms with Crippen molar-refractivity contribution in [2.45, 2.75) is 44.9 Å². The standard InChI is InChI=1S/C19H21N3OS/c1-11-7-6-8-16(9-11)22-18(23)15(5)24-19-17(10-20)13(3)12(2)14(4)21-19/h6-9,15H,1-5H3,(H,22,23). The molecule has 0 spiro atoms. The van der Waals surface area contributed by atoms with Crippen molar-refractivity contribution in [1.82, 2.24) is 4.98 Å². The first-order valence-electron chi connectivity index (χ1n) is 7.75. The number of nitriles is 1. The number of carbonyl (C=O) groups is 1. The number of benzene rings is 1. The number of amides is 1. The predicted molar refractivity (Wildman–Crippen MR) is 98.3 cm³/mol. The number of aromatic nitrogens is 1. The molecule has 1 N–H and O–H groups in total. The third kappa shape index (κ3) is 3.95. The number of hydrogen-bond acceptors (Lipinski definition) is 4. The average Bonchev–Trinajstić information content (AvgIpc) is 2.53. The summed E-state index contributed by atoms with van der Waals surface area (Å²) in [6.45, 7) is 9.61. The van der Waals surface area contributed by atoms with E-state index >= 15 is 0 Å². The Labute approximate surface area is 147 Å². The van der Waals surface area contributed by atoms with Gasteiger partial charge in [-0.15, -0.1) is 0 Å². The largest absolute Gasteiger partial charge is 0.325 e. The Morgan fingerprint density at radius 3 is 2.58 bits per heavy atom. The lowest BCUT2D eigenvalue weighted by Gasteiger charge is -2.15. The van der Waals surface area contributed by atoms with Gasteiger partial charge in [-0.2, -0.15) is 5.26 Å². The molecule has 1 unspecified atom stereocenters. The van der Waals surface area contributed by atoms with Crippen LogP contribution in [-0.4, -0.2) is 16.1 Å². The van der Waals surface area contributed by atoms with Gasteiger partial charge in [0.05, 0.1) is 10.8 Å². The summed E-state index contributed by atoms with van der Waals surface area (Å²) in [7, 11) is 0. The highest BCUT2D eigenvalue weighted by molar-refractivity contribution is 8.00. The van der Waals surface area contributed by atoms with Gasteiger partial charge in [-0.05, 0) is 63.4 Å². The van der Waals surface area contributed by atoms with E-state index in [1.807, 2.05) is 58.9 Å². The zero-order valence-corrected chi connectivity index (χ0v) is 15.4. The number of nitrogens with one attached hydrogen (secondary N) is 1. The summed E-state index contributed by atoms with van der Waals surface area (Å²) in [5.74, 6) is -0.104. The number of rotatable bonds is 4. The van der Waals surface area contributed by atoms with Crippen molar-refractivity contribution in [2.75, 3.05) is 5.32 Å². The van der Waals surface area contributed by atoms with Crippen LogP contribution in [0.5, 0.6) is 0 Å². The summed E-state index contributed by atoms with van der Waals surface area (Å²) in [4.78, 5) is 16.9. The van der Waals surface area contributed by atoms with Gasteiger partial charge in [-0.1, -0.05) is 23.9 Å². The van der Waals surface area contributed by atoms with E-state index in [9.17, 15) is 10.1 Å². The van der Waals surface area contributed by atoms with Crippen LogP contribution in [0.4, 0.5) is 5.69 Å². The van der Waals surface area contributed by atoms with E-state index in [1.165, 1.54) is 11.8 Å². The fraction of sp³-hybridized carbons (Fsp3) is 0.316. The highest BCUT2D eigenvalue weighted by atomic mass is 32.2. The van der Waals surface area contributed by atoms with Gasteiger partial charge < -0.3 is 5.32 Å². The molecule has 24 heavy (non-hydrogen) atoms. The van der Waals surface area contributed by atoms with Crippen molar-refractivity contribution in [1.29, 1.82) is 5.26 Å². The fourth-order valence-corrected chi connectivity index (χ4v) is 3.32. The average molecular weight is 339 g/mol. The molecule has 0 radical (unpaired) electrons. The molecule has 0 aliphatic carbocycles. The highest BCUT2D eigenvalue weighted by Crippen LogP contribution is 2.29. The number of carbonyl (C=O) groups excluding carboxylic acids is 1. The first-order chi connectivity index (χ1) is 11.3. The minimum absolute atomic E-state index is 0.104. The molecule has 4 nitrogen and oxygen atoms in total. The van der Waals surface area contributed by atoms with Crippen LogP contribution in [-0.2, 0) is 4.79 Å². The Balaban J connectivity index is 2.19. The molecule has 0 saturated carbocycles. The number of pyridine rings is 1. The van der Waals surface area contributed by atoms with E-state index in [2.05, 4.69) is 16.4 Å². The summed E-state index contributed by atoms with van der Waals surface area (Å²) in [5, 5.41) is 12.6. The van der Waals surface area contributed by atoms with E-state index in [0.717, 1.165) is 28.1 Å². The minimum Gasteiger partial charge on any atom is -0.325 e. The number of anilines is 1. The molecule has 0 aliphatic heterocycles. The topological polar surface area (TPSA) is 65.8 Å². The lowest BCUT2D eigenvalue weighted by atomic mass is 10.1. The van der Waals surface area contributed by atoms with Gasteiger partial charge in [-0.25, -0.2) is 4.98 Å². The molecule has 1 aromatic carbocycles. The summed E-state index contributed by atoms with van der Waals surface area (Å²) >= 11 is 1.32. The van der Waals surface area contributed by atoms with Gasteiger partial charge >= 0.3 is 0 Å². The van der Waals surface area contributed by atoms with E-state index < -0.39 is 0 Å². The SMILES string of the molecule is Cc1cccc(NC(=O)C(C)Sc2nc(C)c(C)c(C)c2C#N)c1. The Morgan fingerprint density at radius 1 is 1.25 bits per heavy atom. The maximum atomic E-state index is 12.4. The van der Waals surface area contributed by atoms with Crippen LogP contribution in [0.2, 0.25) is 0 Å². The second-order valence-corrected chi connectivity index (χ2v) is 7.19. The van der Waals surface area contributed by atoms with E-state index in [1.54, 1.807) is 0 Å². The smallest absolute Gasteiger partial charge is 0.237 e. The van der Waals surface area contributed by atoms with E-state index in [-0.39, 0.29) is 11.2 Å². The van der Waals surface area contributed by atoms with Crippen LogP contribution in [0.1, 0.15) is 34.9 Å². The zero-order chi connectivity index (χ0) is 17.9. The molecule has 1 atom stereocenters. The van der Waals surface area contributed by atoms with Crippen molar-refractivity contribution < 1.29 is 4.79 Å². The quantitative estimate of drug-likeness (QED) is 0.843. The molecule has 0 saturated heterocycles.